The number of thioether (sulfide) groups is 1. The molecule has 4 nitrogen and oxygen atoms in total. The number of amides is 1. The van der Waals surface area contributed by atoms with Gasteiger partial charge in [0.25, 0.3) is 5.91 Å². The van der Waals surface area contributed by atoms with E-state index in [9.17, 15) is 9.59 Å². The highest BCUT2D eigenvalue weighted by atomic mass is 32.2. The SMILES string of the molecule is CC(C)Sc1ccc(C(=O)NCc2ccc(C(=O)O)s2)cc1. The first-order valence-electron chi connectivity index (χ1n) is 6.82. The number of carbonyl (C=O) groups excluding carboxylic acids is 1. The lowest BCUT2D eigenvalue weighted by Gasteiger charge is -2.07. The van der Waals surface area contributed by atoms with Crippen LogP contribution in [0.5, 0.6) is 0 Å². The Morgan fingerprint density at radius 3 is 2.41 bits per heavy atom. The minimum Gasteiger partial charge on any atom is -0.477 e. The Bertz CT molecular complexity index is 662. The minimum absolute atomic E-state index is 0.161. The van der Waals surface area contributed by atoms with Gasteiger partial charge in [0, 0.05) is 20.6 Å². The summed E-state index contributed by atoms with van der Waals surface area (Å²) < 4.78 is 0. The lowest BCUT2D eigenvalue weighted by atomic mass is 10.2. The summed E-state index contributed by atoms with van der Waals surface area (Å²) in [5.41, 5.74) is 0.600. The predicted octanol–water partition coefficient (Wildman–Crippen LogP) is 3.88. The average Bonchev–Trinajstić information content (AvgIpc) is 2.94. The van der Waals surface area contributed by atoms with E-state index in [2.05, 4.69) is 19.2 Å². The number of hydrogen-bond donors (Lipinski definition) is 2. The van der Waals surface area contributed by atoms with Crippen LogP contribution in [-0.2, 0) is 6.54 Å². The van der Waals surface area contributed by atoms with E-state index < -0.39 is 5.97 Å². The van der Waals surface area contributed by atoms with Crippen molar-refractivity contribution in [3.05, 3.63) is 51.7 Å². The second-order valence-corrected chi connectivity index (χ2v) is 7.76. The number of carbonyl (C=O) groups is 2. The summed E-state index contributed by atoms with van der Waals surface area (Å²) in [6, 6.07) is 10.7. The van der Waals surface area contributed by atoms with Gasteiger partial charge in [-0.15, -0.1) is 23.1 Å². The van der Waals surface area contributed by atoms with Crippen LogP contribution in [0.1, 0.15) is 38.8 Å². The van der Waals surface area contributed by atoms with Gasteiger partial charge in [-0.3, -0.25) is 4.79 Å². The van der Waals surface area contributed by atoms with Gasteiger partial charge in [-0.05, 0) is 36.4 Å². The van der Waals surface area contributed by atoms with Gasteiger partial charge in [0.2, 0.25) is 0 Å². The summed E-state index contributed by atoms with van der Waals surface area (Å²) in [5, 5.41) is 12.2. The van der Waals surface area contributed by atoms with Gasteiger partial charge in [0.15, 0.2) is 0 Å². The zero-order valence-corrected chi connectivity index (χ0v) is 14.0. The van der Waals surface area contributed by atoms with Crippen LogP contribution in [0, 0.1) is 0 Å². The molecule has 2 rings (SSSR count). The van der Waals surface area contributed by atoms with Crippen molar-refractivity contribution in [3.8, 4) is 0 Å². The van der Waals surface area contributed by atoms with Gasteiger partial charge in [0.05, 0.1) is 6.54 Å². The molecular formula is C16H17NO3S2. The van der Waals surface area contributed by atoms with Crippen LogP contribution in [-0.4, -0.2) is 22.2 Å². The second-order valence-electron chi connectivity index (χ2n) is 4.94. The maximum atomic E-state index is 12.1. The van der Waals surface area contributed by atoms with Gasteiger partial charge in [-0.25, -0.2) is 4.79 Å². The van der Waals surface area contributed by atoms with Crippen LogP contribution in [0.15, 0.2) is 41.3 Å². The maximum absolute atomic E-state index is 12.1. The van der Waals surface area contributed by atoms with E-state index in [1.54, 1.807) is 36.0 Å². The van der Waals surface area contributed by atoms with Crippen molar-refractivity contribution in [2.24, 2.45) is 0 Å². The molecule has 0 aliphatic carbocycles. The van der Waals surface area contributed by atoms with E-state index in [1.165, 1.54) is 11.3 Å². The zero-order valence-electron chi connectivity index (χ0n) is 12.3. The Hall–Kier alpha value is -1.79. The first-order valence-corrected chi connectivity index (χ1v) is 8.52. The fourth-order valence-corrected chi connectivity index (χ4v) is 3.44. The molecule has 1 heterocycles. The molecule has 2 aromatic rings. The quantitative estimate of drug-likeness (QED) is 0.786. The molecule has 22 heavy (non-hydrogen) atoms. The number of benzene rings is 1. The molecule has 0 bridgehead atoms. The highest BCUT2D eigenvalue weighted by Gasteiger charge is 2.09. The number of rotatable bonds is 6. The molecule has 2 N–H and O–H groups in total. The van der Waals surface area contributed by atoms with E-state index in [0.717, 1.165) is 9.77 Å². The lowest BCUT2D eigenvalue weighted by molar-refractivity contribution is 0.0702. The molecule has 0 spiro atoms. The Balaban J connectivity index is 1.92. The smallest absolute Gasteiger partial charge is 0.345 e. The Morgan fingerprint density at radius 2 is 1.86 bits per heavy atom. The molecular weight excluding hydrogens is 318 g/mol. The van der Waals surface area contributed by atoms with Gasteiger partial charge in [0.1, 0.15) is 4.88 Å². The Labute approximate surface area is 137 Å². The van der Waals surface area contributed by atoms with E-state index in [-0.39, 0.29) is 10.8 Å². The van der Waals surface area contributed by atoms with Gasteiger partial charge < -0.3 is 10.4 Å². The number of nitrogens with one attached hydrogen (secondary N) is 1. The van der Waals surface area contributed by atoms with E-state index in [0.29, 0.717) is 17.4 Å². The number of hydrogen-bond acceptors (Lipinski definition) is 4. The zero-order chi connectivity index (χ0) is 16.1. The molecule has 0 unspecified atom stereocenters. The minimum atomic E-state index is -0.944. The molecule has 0 saturated heterocycles. The lowest BCUT2D eigenvalue weighted by Crippen LogP contribution is -2.22. The predicted molar refractivity (Wildman–Crippen MR) is 89.9 cm³/mol. The molecule has 0 radical (unpaired) electrons. The third kappa shape index (κ3) is 4.61. The van der Waals surface area contributed by atoms with Gasteiger partial charge in [-0.1, -0.05) is 13.8 Å². The van der Waals surface area contributed by atoms with E-state index in [1.807, 2.05) is 12.1 Å². The molecule has 1 amide bonds. The number of thiophene rings is 1. The average molecular weight is 335 g/mol. The molecule has 6 heteroatoms. The van der Waals surface area contributed by atoms with Crippen LogP contribution in [0.2, 0.25) is 0 Å². The van der Waals surface area contributed by atoms with E-state index >= 15 is 0 Å². The molecule has 0 aliphatic heterocycles. The fraction of sp³-hybridized carbons (Fsp3) is 0.250. The third-order valence-electron chi connectivity index (χ3n) is 2.78. The van der Waals surface area contributed by atoms with Crippen LogP contribution >= 0.6 is 23.1 Å². The number of carboxylic acid groups (broad SMARTS) is 1. The van der Waals surface area contributed by atoms with E-state index in [4.69, 9.17) is 5.11 Å². The summed E-state index contributed by atoms with van der Waals surface area (Å²) >= 11 is 2.92. The van der Waals surface area contributed by atoms with Crippen molar-refractivity contribution >= 4 is 35.0 Å². The Morgan fingerprint density at radius 1 is 1.18 bits per heavy atom. The summed E-state index contributed by atoms with van der Waals surface area (Å²) in [4.78, 5) is 25.1. The third-order valence-corrected chi connectivity index (χ3v) is 4.87. The van der Waals surface area contributed by atoms with Crippen LogP contribution in [0.3, 0.4) is 0 Å². The first kappa shape index (κ1) is 16.6. The molecule has 0 fully saturated rings. The highest BCUT2D eigenvalue weighted by Crippen LogP contribution is 2.23. The summed E-state index contributed by atoms with van der Waals surface area (Å²) in [6.45, 7) is 4.58. The summed E-state index contributed by atoms with van der Waals surface area (Å²) in [6.07, 6.45) is 0. The van der Waals surface area contributed by atoms with Crippen molar-refractivity contribution in [1.29, 1.82) is 0 Å². The second kappa shape index (κ2) is 7.47. The van der Waals surface area contributed by atoms with Gasteiger partial charge >= 0.3 is 5.97 Å². The fourth-order valence-electron chi connectivity index (χ4n) is 1.81. The van der Waals surface area contributed by atoms with Crippen LogP contribution < -0.4 is 5.32 Å². The normalized spacial score (nSPS) is 10.7. The molecule has 0 atom stereocenters. The van der Waals surface area contributed by atoms with Crippen molar-refractivity contribution < 1.29 is 14.7 Å². The first-order chi connectivity index (χ1) is 10.5. The summed E-state index contributed by atoms with van der Waals surface area (Å²) in [5.74, 6) is -1.10. The largest absolute Gasteiger partial charge is 0.477 e. The molecule has 1 aromatic carbocycles. The number of aromatic carboxylic acids is 1. The van der Waals surface area contributed by atoms with Crippen molar-refractivity contribution in [1.82, 2.24) is 5.32 Å². The highest BCUT2D eigenvalue weighted by molar-refractivity contribution is 7.99. The maximum Gasteiger partial charge on any atom is 0.345 e. The van der Waals surface area contributed by atoms with Crippen molar-refractivity contribution in [2.75, 3.05) is 0 Å². The van der Waals surface area contributed by atoms with Crippen molar-refractivity contribution in [2.45, 2.75) is 30.5 Å². The van der Waals surface area contributed by atoms with Crippen molar-refractivity contribution in [3.63, 3.8) is 0 Å². The van der Waals surface area contributed by atoms with Crippen LogP contribution in [0.4, 0.5) is 0 Å². The molecule has 0 saturated carbocycles. The van der Waals surface area contributed by atoms with Gasteiger partial charge in [-0.2, -0.15) is 0 Å². The summed E-state index contributed by atoms with van der Waals surface area (Å²) in [7, 11) is 0. The number of carboxylic acids is 1. The molecule has 116 valence electrons. The standard InChI is InChI=1S/C16H17NO3S2/c1-10(2)21-12-5-3-11(4-6-12)15(18)17-9-13-7-8-14(22-13)16(19)20/h3-8,10H,9H2,1-2H3,(H,17,18)(H,19,20). The molecule has 0 aliphatic rings. The van der Waals surface area contributed by atoms with Crippen LogP contribution in [0.25, 0.3) is 0 Å². The topological polar surface area (TPSA) is 66.4 Å². The monoisotopic (exact) mass is 335 g/mol. The molecule has 1 aromatic heterocycles. The Kier molecular flexibility index (Phi) is 5.63.